The van der Waals surface area contributed by atoms with Gasteiger partial charge in [0.05, 0.1) is 0 Å². The van der Waals surface area contributed by atoms with E-state index in [4.69, 9.17) is 11.6 Å². The highest BCUT2D eigenvalue weighted by Crippen LogP contribution is 2.61. The van der Waals surface area contributed by atoms with Gasteiger partial charge in [-0.1, -0.05) is 17.7 Å². The Hall–Kier alpha value is -2.01. The topological polar surface area (TPSA) is 41.4 Å². The van der Waals surface area contributed by atoms with Crippen LogP contribution in [0.15, 0.2) is 36.7 Å². The van der Waals surface area contributed by atoms with Crippen LogP contribution in [-0.4, -0.2) is 46.5 Å². The van der Waals surface area contributed by atoms with Gasteiger partial charge in [-0.05, 0) is 79.9 Å². The molecule has 1 amide bonds. The molecular weight excluding hydrogens is 408 g/mol. The Kier molecular flexibility index (Phi) is 4.78. The van der Waals surface area contributed by atoms with E-state index < -0.39 is 0 Å². The molecule has 0 atom stereocenters. The van der Waals surface area contributed by atoms with Crippen molar-refractivity contribution in [1.82, 2.24) is 14.5 Å². The summed E-state index contributed by atoms with van der Waals surface area (Å²) in [5, 5.41) is 0.720. The first-order valence-electron chi connectivity index (χ1n) is 11.9. The van der Waals surface area contributed by atoms with Gasteiger partial charge >= 0.3 is 0 Å². The maximum Gasteiger partial charge on any atom is 0.223 e. The van der Waals surface area contributed by atoms with Crippen LogP contribution in [0.4, 0.5) is 5.95 Å². The molecule has 1 aliphatic heterocycles. The number of halogens is 1. The lowest BCUT2D eigenvalue weighted by atomic mass is 9.49. The van der Waals surface area contributed by atoms with Gasteiger partial charge in [0.2, 0.25) is 11.9 Å². The van der Waals surface area contributed by atoms with Crippen molar-refractivity contribution in [3.8, 4) is 5.69 Å². The molecule has 5 aliphatic rings. The Balaban J connectivity index is 1.11. The van der Waals surface area contributed by atoms with Crippen molar-refractivity contribution in [2.45, 2.75) is 44.9 Å². The second kappa shape index (κ2) is 7.54. The molecule has 2 aromatic rings. The van der Waals surface area contributed by atoms with Crippen LogP contribution in [0.1, 0.15) is 44.9 Å². The zero-order chi connectivity index (χ0) is 21.0. The standard InChI is InChI=1S/C25H31ClN4O/c26-21-2-1-3-22(13-21)30-5-4-27-24(30)29-8-6-28(7-9-29)23(31)17-25-14-18-10-19(15-25)12-20(11-18)16-25/h1-5,13,18-20H,6-12,14-17H2. The van der Waals surface area contributed by atoms with E-state index in [9.17, 15) is 4.79 Å². The SMILES string of the molecule is O=C(CC12CC3CC(CC(C3)C1)C2)N1CCN(c2nccn2-c2cccc(Cl)c2)CC1. The largest absolute Gasteiger partial charge is 0.339 e. The Morgan fingerprint density at radius 3 is 2.35 bits per heavy atom. The van der Waals surface area contributed by atoms with Crippen molar-refractivity contribution in [3.05, 3.63) is 41.7 Å². The number of nitrogens with zero attached hydrogens (tertiary/aromatic N) is 4. The first-order chi connectivity index (χ1) is 15.1. The van der Waals surface area contributed by atoms with Gasteiger partial charge in [-0.3, -0.25) is 9.36 Å². The average molecular weight is 439 g/mol. The summed E-state index contributed by atoms with van der Waals surface area (Å²) in [5.74, 6) is 4.03. The number of imidazole rings is 1. The fourth-order valence-electron chi connectivity index (χ4n) is 7.45. The van der Waals surface area contributed by atoms with Crippen LogP contribution in [0.5, 0.6) is 0 Å². The van der Waals surface area contributed by atoms with E-state index in [0.717, 1.165) is 67.0 Å². The number of hydrogen-bond donors (Lipinski definition) is 0. The fraction of sp³-hybridized carbons (Fsp3) is 0.600. The lowest BCUT2D eigenvalue weighted by Gasteiger charge is -2.57. The highest BCUT2D eigenvalue weighted by atomic mass is 35.5. The second-order valence-electron chi connectivity index (χ2n) is 10.5. The maximum absolute atomic E-state index is 13.3. The zero-order valence-electron chi connectivity index (χ0n) is 18.0. The van der Waals surface area contributed by atoms with Crippen molar-refractivity contribution in [2.75, 3.05) is 31.1 Å². The minimum absolute atomic E-state index is 0.325. The van der Waals surface area contributed by atoms with Crippen LogP contribution in [0.2, 0.25) is 5.02 Å². The smallest absolute Gasteiger partial charge is 0.223 e. The maximum atomic E-state index is 13.3. The number of aromatic nitrogens is 2. The van der Waals surface area contributed by atoms with E-state index in [1.807, 2.05) is 36.7 Å². The Morgan fingerprint density at radius 1 is 1.03 bits per heavy atom. The third kappa shape index (κ3) is 3.65. The van der Waals surface area contributed by atoms with Crippen LogP contribution < -0.4 is 4.90 Å². The quantitative estimate of drug-likeness (QED) is 0.689. The monoisotopic (exact) mass is 438 g/mol. The molecule has 0 N–H and O–H groups in total. The van der Waals surface area contributed by atoms with Gasteiger partial charge in [-0.2, -0.15) is 0 Å². The van der Waals surface area contributed by atoms with Gasteiger partial charge in [0.1, 0.15) is 0 Å². The number of amides is 1. The van der Waals surface area contributed by atoms with Gasteiger partial charge < -0.3 is 9.80 Å². The number of benzene rings is 1. The molecule has 7 rings (SSSR count). The van der Waals surface area contributed by atoms with Gasteiger partial charge in [0.15, 0.2) is 0 Å². The van der Waals surface area contributed by atoms with E-state index in [0.29, 0.717) is 11.3 Å². The van der Waals surface area contributed by atoms with Crippen LogP contribution in [-0.2, 0) is 4.79 Å². The van der Waals surface area contributed by atoms with Crippen molar-refractivity contribution < 1.29 is 4.79 Å². The minimum atomic E-state index is 0.325. The van der Waals surface area contributed by atoms with Gasteiger partial charge in [-0.15, -0.1) is 0 Å². The number of carbonyl (C=O) groups excluding carboxylic acids is 1. The number of anilines is 1. The van der Waals surface area contributed by atoms with Crippen molar-refractivity contribution in [1.29, 1.82) is 0 Å². The summed E-state index contributed by atoms with van der Waals surface area (Å²) in [4.78, 5) is 22.3. The molecule has 0 radical (unpaired) electrons. The fourth-order valence-corrected chi connectivity index (χ4v) is 7.64. The molecule has 5 nitrogen and oxygen atoms in total. The highest BCUT2D eigenvalue weighted by molar-refractivity contribution is 6.30. The molecule has 1 aromatic carbocycles. The van der Waals surface area contributed by atoms with Crippen molar-refractivity contribution in [3.63, 3.8) is 0 Å². The molecule has 2 heterocycles. The van der Waals surface area contributed by atoms with Crippen LogP contribution in [0, 0.1) is 23.2 Å². The molecular formula is C25H31ClN4O. The van der Waals surface area contributed by atoms with Crippen LogP contribution >= 0.6 is 11.6 Å². The molecule has 4 saturated carbocycles. The normalized spacial score (nSPS) is 32.0. The molecule has 4 aliphatic carbocycles. The lowest BCUT2D eigenvalue weighted by Crippen LogP contribution is -2.52. The van der Waals surface area contributed by atoms with E-state index in [-0.39, 0.29) is 0 Å². The first-order valence-corrected chi connectivity index (χ1v) is 12.3. The summed E-state index contributed by atoms with van der Waals surface area (Å²) < 4.78 is 2.08. The Bertz CT molecular complexity index is 942. The lowest BCUT2D eigenvalue weighted by molar-refractivity contribution is -0.139. The molecule has 0 spiro atoms. The first kappa shape index (κ1) is 19.7. The summed E-state index contributed by atoms with van der Waals surface area (Å²) in [6.07, 6.45) is 12.8. The molecule has 1 saturated heterocycles. The molecule has 6 heteroatoms. The molecule has 4 bridgehead atoms. The highest BCUT2D eigenvalue weighted by Gasteiger charge is 2.51. The molecule has 5 fully saturated rings. The average Bonchev–Trinajstić information content (AvgIpc) is 3.22. The summed E-state index contributed by atoms with van der Waals surface area (Å²) in [6, 6.07) is 7.85. The summed E-state index contributed by atoms with van der Waals surface area (Å²) in [7, 11) is 0. The van der Waals surface area contributed by atoms with Crippen molar-refractivity contribution in [2.24, 2.45) is 23.2 Å². The van der Waals surface area contributed by atoms with Gasteiger partial charge in [-0.25, -0.2) is 4.98 Å². The van der Waals surface area contributed by atoms with Crippen LogP contribution in [0.25, 0.3) is 5.69 Å². The van der Waals surface area contributed by atoms with Gasteiger partial charge in [0, 0.05) is 55.7 Å². The zero-order valence-corrected chi connectivity index (χ0v) is 18.8. The van der Waals surface area contributed by atoms with Crippen LogP contribution in [0.3, 0.4) is 0 Å². The Labute approximate surface area is 189 Å². The Morgan fingerprint density at radius 2 is 1.71 bits per heavy atom. The minimum Gasteiger partial charge on any atom is -0.339 e. The third-order valence-electron chi connectivity index (χ3n) is 8.31. The van der Waals surface area contributed by atoms with E-state index in [1.165, 1.54) is 38.5 Å². The van der Waals surface area contributed by atoms with E-state index in [2.05, 4.69) is 19.4 Å². The summed E-state index contributed by atoms with van der Waals surface area (Å²) in [5.41, 5.74) is 1.34. The predicted molar refractivity (Wildman–Crippen MR) is 123 cm³/mol. The van der Waals surface area contributed by atoms with E-state index >= 15 is 0 Å². The predicted octanol–water partition coefficient (Wildman–Crippen LogP) is 4.78. The molecule has 164 valence electrons. The van der Waals surface area contributed by atoms with Gasteiger partial charge in [0.25, 0.3) is 0 Å². The number of carbonyl (C=O) groups is 1. The number of hydrogen-bond acceptors (Lipinski definition) is 3. The number of piperazine rings is 1. The van der Waals surface area contributed by atoms with E-state index in [1.54, 1.807) is 0 Å². The second-order valence-corrected chi connectivity index (χ2v) is 11.0. The number of rotatable bonds is 4. The summed E-state index contributed by atoms with van der Waals surface area (Å²) in [6.45, 7) is 3.22. The molecule has 31 heavy (non-hydrogen) atoms. The summed E-state index contributed by atoms with van der Waals surface area (Å²) >= 11 is 6.19. The van der Waals surface area contributed by atoms with Crippen molar-refractivity contribution >= 4 is 23.5 Å². The molecule has 1 aromatic heterocycles. The molecule has 0 unspecified atom stereocenters. The third-order valence-corrected chi connectivity index (χ3v) is 8.55.